The average Bonchev–Trinajstić information content (AvgIpc) is 3.26. The van der Waals surface area contributed by atoms with Crippen LogP contribution in [0.25, 0.3) is 10.4 Å². The predicted octanol–water partition coefficient (Wildman–Crippen LogP) is 3.02. The Hall–Kier alpha value is -2.58. The topological polar surface area (TPSA) is 83.8 Å². The van der Waals surface area contributed by atoms with Gasteiger partial charge in [-0.25, -0.2) is 8.78 Å². The van der Waals surface area contributed by atoms with Crippen LogP contribution in [0.4, 0.5) is 8.78 Å². The third kappa shape index (κ3) is 3.97. The molecule has 136 valence electrons. The molecule has 1 atom stereocenters. The number of nitrogens with one attached hydrogen (secondary N) is 2. The molecule has 0 aliphatic heterocycles. The SMILES string of the molecule is Cc1cc(C(=O)NC(CN)Cc2ccc(F)c(F)c2)sc1-c1cn[nH]c1. The summed E-state index contributed by atoms with van der Waals surface area (Å²) in [5.41, 5.74) is 8.20. The Labute approximate surface area is 153 Å². The van der Waals surface area contributed by atoms with Crippen LogP contribution < -0.4 is 11.1 Å². The van der Waals surface area contributed by atoms with Gasteiger partial charge < -0.3 is 11.1 Å². The van der Waals surface area contributed by atoms with Crippen LogP contribution in [0, 0.1) is 18.6 Å². The summed E-state index contributed by atoms with van der Waals surface area (Å²) in [6.07, 6.45) is 3.79. The number of aryl methyl sites for hydroxylation is 1. The number of nitrogens with two attached hydrogens (primary N) is 1. The molecular weight excluding hydrogens is 358 g/mol. The van der Waals surface area contributed by atoms with Gasteiger partial charge in [-0.3, -0.25) is 9.89 Å². The van der Waals surface area contributed by atoms with Crippen molar-refractivity contribution in [2.24, 2.45) is 5.73 Å². The molecular formula is C18H18F2N4OS. The highest BCUT2D eigenvalue weighted by Crippen LogP contribution is 2.31. The molecule has 3 rings (SSSR count). The first-order chi connectivity index (χ1) is 12.5. The third-order valence-electron chi connectivity index (χ3n) is 3.99. The number of carbonyl (C=O) groups excluding carboxylic acids is 1. The van der Waals surface area contributed by atoms with Crippen molar-refractivity contribution in [2.45, 2.75) is 19.4 Å². The van der Waals surface area contributed by atoms with Crippen molar-refractivity contribution in [1.29, 1.82) is 0 Å². The minimum Gasteiger partial charge on any atom is -0.347 e. The highest BCUT2D eigenvalue weighted by molar-refractivity contribution is 7.17. The van der Waals surface area contributed by atoms with Crippen molar-refractivity contribution in [3.63, 3.8) is 0 Å². The van der Waals surface area contributed by atoms with Crippen molar-refractivity contribution in [3.8, 4) is 10.4 Å². The van der Waals surface area contributed by atoms with Gasteiger partial charge in [0.1, 0.15) is 0 Å². The molecule has 2 heterocycles. The Balaban J connectivity index is 1.71. The van der Waals surface area contributed by atoms with Gasteiger partial charge in [-0.15, -0.1) is 11.3 Å². The maximum Gasteiger partial charge on any atom is 0.261 e. The number of benzene rings is 1. The first kappa shape index (κ1) is 18.2. The van der Waals surface area contributed by atoms with Crippen molar-refractivity contribution in [1.82, 2.24) is 15.5 Å². The van der Waals surface area contributed by atoms with E-state index in [2.05, 4.69) is 15.5 Å². The standard InChI is InChI=1S/C18H18F2N4OS/c1-10-4-16(26-17(10)12-8-22-23-9-12)18(25)24-13(7-21)5-11-2-3-14(19)15(20)6-11/h2-4,6,8-9,13H,5,7,21H2,1H3,(H,22,23)(H,24,25). The number of hydrogen-bond donors (Lipinski definition) is 3. The van der Waals surface area contributed by atoms with Gasteiger partial charge in [-0.05, 0) is 42.7 Å². The van der Waals surface area contributed by atoms with E-state index in [1.54, 1.807) is 12.4 Å². The summed E-state index contributed by atoms with van der Waals surface area (Å²) in [7, 11) is 0. The molecule has 3 aromatic rings. The molecule has 26 heavy (non-hydrogen) atoms. The lowest BCUT2D eigenvalue weighted by atomic mass is 10.1. The van der Waals surface area contributed by atoms with Crippen LogP contribution in [-0.2, 0) is 6.42 Å². The van der Waals surface area contributed by atoms with Crippen LogP contribution in [0.3, 0.4) is 0 Å². The number of rotatable bonds is 6. The summed E-state index contributed by atoms with van der Waals surface area (Å²) in [6, 6.07) is 5.11. The zero-order chi connectivity index (χ0) is 18.7. The second-order valence-electron chi connectivity index (χ2n) is 5.97. The van der Waals surface area contributed by atoms with Crippen LogP contribution in [0.5, 0.6) is 0 Å². The number of carbonyl (C=O) groups is 1. The number of hydrogen-bond acceptors (Lipinski definition) is 4. The van der Waals surface area contributed by atoms with E-state index in [9.17, 15) is 13.6 Å². The molecule has 1 unspecified atom stereocenters. The highest BCUT2D eigenvalue weighted by Gasteiger charge is 2.18. The van der Waals surface area contributed by atoms with Gasteiger partial charge in [0.05, 0.1) is 11.1 Å². The Morgan fingerprint density at radius 2 is 2.15 bits per heavy atom. The van der Waals surface area contributed by atoms with Crippen LogP contribution >= 0.6 is 11.3 Å². The number of H-pyrrole nitrogens is 1. The lowest BCUT2D eigenvalue weighted by molar-refractivity contribution is 0.0942. The summed E-state index contributed by atoms with van der Waals surface area (Å²) in [5.74, 6) is -2.06. The number of thiophene rings is 1. The van der Waals surface area contributed by atoms with E-state index in [1.165, 1.54) is 17.4 Å². The summed E-state index contributed by atoms with van der Waals surface area (Å²) in [5, 5.41) is 9.53. The molecule has 0 saturated carbocycles. The number of halogens is 2. The minimum atomic E-state index is -0.914. The van der Waals surface area contributed by atoms with Crippen molar-refractivity contribution in [3.05, 3.63) is 64.3 Å². The second kappa shape index (κ2) is 7.76. The van der Waals surface area contributed by atoms with Gasteiger partial charge in [-0.2, -0.15) is 5.10 Å². The first-order valence-corrected chi connectivity index (χ1v) is 8.84. The zero-order valence-electron chi connectivity index (χ0n) is 14.1. The number of aromatic amines is 1. The molecule has 0 saturated heterocycles. The molecule has 0 spiro atoms. The quantitative estimate of drug-likeness (QED) is 0.618. The molecule has 1 amide bonds. The van der Waals surface area contributed by atoms with Crippen molar-refractivity contribution >= 4 is 17.2 Å². The molecule has 1 aromatic carbocycles. The maximum atomic E-state index is 13.3. The molecule has 0 aliphatic rings. The summed E-state index contributed by atoms with van der Waals surface area (Å²) < 4.78 is 26.4. The summed E-state index contributed by atoms with van der Waals surface area (Å²) in [4.78, 5) is 14.1. The van der Waals surface area contributed by atoms with E-state index in [4.69, 9.17) is 5.73 Å². The first-order valence-electron chi connectivity index (χ1n) is 8.02. The van der Waals surface area contributed by atoms with Gasteiger partial charge in [0, 0.05) is 29.2 Å². The lowest BCUT2D eigenvalue weighted by Gasteiger charge is -2.16. The molecule has 0 bridgehead atoms. The Kier molecular flexibility index (Phi) is 5.43. The van der Waals surface area contributed by atoms with E-state index in [0.29, 0.717) is 16.9 Å². The fourth-order valence-corrected chi connectivity index (χ4v) is 3.71. The zero-order valence-corrected chi connectivity index (χ0v) is 14.9. The Morgan fingerprint density at radius 3 is 2.81 bits per heavy atom. The van der Waals surface area contributed by atoms with Gasteiger partial charge in [0.2, 0.25) is 0 Å². The Morgan fingerprint density at radius 1 is 1.35 bits per heavy atom. The van der Waals surface area contributed by atoms with Crippen LogP contribution in [0.1, 0.15) is 20.8 Å². The molecule has 2 aromatic heterocycles. The van der Waals surface area contributed by atoms with Crippen LogP contribution in [0.15, 0.2) is 36.7 Å². The van der Waals surface area contributed by atoms with Gasteiger partial charge >= 0.3 is 0 Å². The van der Waals surface area contributed by atoms with E-state index in [1.807, 2.05) is 13.0 Å². The van der Waals surface area contributed by atoms with E-state index >= 15 is 0 Å². The number of aromatic nitrogens is 2. The average molecular weight is 376 g/mol. The number of amides is 1. The predicted molar refractivity (Wildman–Crippen MR) is 97.0 cm³/mol. The van der Waals surface area contributed by atoms with Gasteiger partial charge in [-0.1, -0.05) is 6.07 Å². The smallest absolute Gasteiger partial charge is 0.261 e. The number of nitrogens with zero attached hydrogens (tertiary/aromatic N) is 1. The van der Waals surface area contributed by atoms with E-state index in [-0.39, 0.29) is 18.5 Å². The highest BCUT2D eigenvalue weighted by atomic mass is 32.1. The lowest BCUT2D eigenvalue weighted by Crippen LogP contribution is -2.41. The molecule has 5 nitrogen and oxygen atoms in total. The minimum absolute atomic E-state index is 0.184. The van der Waals surface area contributed by atoms with Gasteiger partial charge in [0.25, 0.3) is 5.91 Å². The fourth-order valence-electron chi connectivity index (χ4n) is 2.66. The molecule has 0 radical (unpaired) electrons. The van der Waals surface area contributed by atoms with Crippen molar-refractivity contribution < 1.29 is 13.6 Å². The fraction of sp³-hybridized carbons (Fsp3) is 0.222. The van der Waals surface area contributed by atoms with E-state index in [0.717, 1.165) is 28.1 Å². The second-order valence-corrected chi connectivity index (χ2v) is 7.02. The third-order valence-corrected chi connectivity index (χ3v) is 5.27. The summed E-state index contributed by atoms with van der Waals surface area (Å²) in [6.45, 7) is 2.11. The van der Waals surface area contributed by atoms with Crippen molar-refractivity contribution in [2.75, 3.05) is 6.54 Å². The molecule has 0 aliphatic carbocycles. The van der Waals surface area contributed by atoms with Crippen LogP contribution in [-0.4, -0.2) is 28.7 Å². The van der Waals surface area contributed by atoms with Gasteiger partial charge in [0.15, 0.2) is 11.6 Å². The Bertz CT molecular complexity index is 908. The van der Waals surface area contributed by atoms with Crippen LogP contribution in [0.2, 0.25) is 0 Å². The maximum absolute atomic E-state index is 13.3. The largest absolute Gasteiger partial charge is 0.347 e. The normalized spacial score (nSPS) is 12.2. The summed E-state index contributed by atoms with van der Waals surface area (Å²) >= 11 is 1.37. The molecule has 8 heteroatoms. The monoisotopic (exact) mass is 376 g/mol. The van der Waals surface area contributed by atoms with E-state index < -0.39 is 11.6 Å². The molecule has 4 N–H and O–H groups in total. The molecule has 0 fully saturated rings.